The number of halogens is 1. The lowest BCUT2D eigenvalue weighted by molar-refractivity contribution is -0.123. The first-order chi connectivity index (χ1) is 14.7. The normalized spacial score (nSPS) is 13.4. The molecule has 1 aliphatic rings. The van der Waals surface area contributed by atoms with E-state index in [1.54, 1.807) is 7.05 Å². The largest absolute Gasteiger partial charge is 0.484 e. The van der Waals surface area contributed by atoms with Gasteiger partial charge in [0.05, 0.1) is 6.54 Å². The molecule has 1 aromatic carbocycles. The van der Waals surface area contributed by atoms with E-state index in [0.29, 0.717) is 30.8 Å². The third-order valence-corrected chi connectivity index (χ3v) is 4.69. The zero-order valence-electron chi connectivity index (χ0n) is 17.2. The predicted molar refractivity (Wildman–Crippen MR) is 129 cm³/mol. The maximum Gasteiger partial charge on any atom is 0.258 e. The quantitative estimate of drug-likeness (QED) is 0.231. The van der Waals surface area contributed by atoms with Crippen LogP contribution in [0.5, 0.6) is 5.75 Å². The first-order valence-corrected chi connectivity index (χ1v) is 9.95. The number of nitrogens with zero attached hydrogens (tertiary/aromatic N) is 4. The highest BCUT2D eigenvalue weighted by molar-refractivity contribution is 14.0. The van der Waals surface area contributed by atoms with E-state index in [4.69, 9.17) is 4.74 Å². The molecule has 3 N–H and O–H groups in total. The number of guanidine groups is 1. The van der Waals surface area contributed by atoms with Crippen LogP contribution in [0.2, 0.25) is 0 Å². The monoisotopic (exact) mass is 535 g/mol. The number of aromatic nitrogens is 3. The Morgan fingerprint density at radius 3 is 2.81 bits per heavy atom. The Labute approximate surface area is 197 Å². The van der Waals surface area contributed by atoms with E-state index in [1.807, 2.05) is 53.1 Å². The molecule has 0 aliphatic heterocycles. The number of carbonyl (C=O) groups is 1. The van der Waals surface area contributed by atoms with Gasteiger partial charge >= 0.3 is 0 Å². The number of aliphatic imine (C=N–C) groups is 1. The molecule has 31 heavy (non-hydrogen) atoms. The van der Waals surface area contributed by atoms with Crippen molar-refractivity contribution in [3.8, 4) is 5.75 Å². The lowest BCUT2D eigenvalue weighted by Gasteiger charge is -2.12. The molecule has 0 spiro atoms. The smallest absolute Gasteiger partial charge is 0.258 e. The Morgan fingerprint density at radius 1 is 1.16 bits per heavy atom. The van der Waals surface area contributed by atoms with Gasteiger partial charge in [-0.25, -0.2) is 0 Å². The number of amides is 1. The molecule has 9 nitrogen and oxygen atoms in total. The van der Waals surface area contributed by atoms with Gasteiger partial charge in [-0.15, -0.1) is 34.2 Å². The van der Waals surface area contributed by atoms with Crippen molar-refractivity contribution in [3.63, 3.8) is 0 Å². The molecule has 0 saturated heterocycles. The summed E-state index contributed by atoms with van der Waals surface area (Å²) < 4.78 is 7.53. The lowest BCUT2D eigenvalue weighted by Crippen LogP contribution is -2.36. The lowest BCUT2D eigenvalue weighted by atomic mass is 10.2. The second-order valence-corrected chi connectivity index (χ2v) is 7.10. The molecular formula is C21H26IN7O2. The number of nitrogens with one attached hydrogen (secondary N) is 3. The minimum absolute atomic E-state index is 0. The third kappa shape index (κ3) is 6.54. The van der Waals surface area contributed by atoms with E-state index in [9.17, 15) is 4.79 Å². The summed E-state index contributed by atoms with van der Waals surface area (Å²) >= 11 is 0. The van der Waals surface area contributed by atoms with Gasteiger partial charge in [0.1, 0.15) is 5.75 Å². The van der Waals surface area contributed by atoms with Crippen LogP contribution in [0.3, 0.4) is 0 Å². The van der Waals surface area contributed by atoms with Crippen molar-refractivity contribution in [2.75, 3.05) is 13.7 Å². The predicted octanol–water partition coefficient (Wildman–Crippen LogP) is 1.87. The molecule has 0 radical (unpaired) electrons. The topological polar surface area (TPSA) is 105 Å². The van der Waals surface area contributed by atoms with Gasteiger partial charge in [0, 0.05) is 25.8 Å². The molecule has 3 aromatic rings. The van der Waals surface area contributed by atoms with Crippen molar-refractivity contribution in [3.05, 3.63) is 60.0 Å². The molecular weight excluding hydrogens is 509 g/mol. The highest BCUT2D eigenvalue weighted by Gasteiger charge is 2.23. The Kier molecular flexibility index (Phi) is 8.04. The highest BCUT2D eigenvalue weighted by atomic mass is 127. The Balaban J connectivity index is 0.00000272. The fourth-order valence-corrected chi connectivity index (χ4v) is 2.97. The molecule has 164 valence electrons. The molecule has 1 aliphatic carbocycles. The van der Waals surface area contributed by atoms with E-state index in [-0.39, 0.29) is 36.5 Å². The van der Waals surface area contributed by atoms with Gasteiger partial charge in [0.25, 0.3) is 5.91 Å². The summed E-state index contributed by atoms with van der Waals surface area (Å²) in [4.78, 5) is 16.0. The summed E-state index contributed by atoms with van der Waals surface area (Å²) in [5.74, 6) is 2.04. The molecule has 4 rings (SSSR count). The van der Waals surface area contributed by atoms with E-state index in [2.05, 4.69) is 31.1 Å². The van der Waals surface area contributed by atoms with Crippen molar-refractivity contribution in [1.82, 2.24) is 30.5 Å². The number of carbonyl (C=O) groups excluding carboxylic acids is 1. The number of hydrogen-bond donors (Lipinski definition) is 3. The van der Waals surface area contributed by atoms with Gasteiger partial charge in [0.2, 0.25) is 0 Å². The summed E-state index contributed by atoms with van der Waals surface area (Å²) in [6, 6.07) is 13.8. The number of benzene rings is 1. The van der Waals surface area contributed by atoms with Crippen LogP contribution in [-0.2, 0) is 17.9 Å². The van der Waals surface area contributed by atoms with Crippen LogP contribution in [0, 0.1) is 0 Å². The second kappa shape index (κ2) is 10.9. The van der Waals surface area contributed by atoms with Crippen molar-refractivity contribution in [1.29, 1.82) is 0 Å². The summed E-state index contributed by atoms with van der Waals surface area (Å²) in [7, 11) is 1.72. The van der Waals surface area contributed by atoms with Crippen LogP contribution in [0.25, 0.3) is 5.65 Å². The molecule has 1 saturated carbocycles. The van der Waals surface area contributed by atoms with Crippen LogP contribution in [0.4, 0.5) is 0 Å². The highest BCUT2D eigenvalue weighted by Crippen LogP contribution is 2.18. The molecule has 2 aromatic heterocycles. The van der Waals surface area contributed by atoms with Gasteiger partial charge in [-0.05, 0) is 42.7 Å². The van der Waals surface area contributed by atoms with Gasteiger partial charge in [0.15, 0.2) is 24.0 Å². The number of hydrogen-bond acceptors (Lipinski definition) is 5. The van der Waals surface area contributed by atoms with E-state index >= 15 is 0 Å². The standard InChI is InChI=1S/C21H25N7O2.HI/c1-22-21(24-13-19-27-26-18-7-2-3-10-28(18)19)23-12-15-5-4-6-17(11-15)30-14-20(29)25-16-8-9-16;/h2-7,10-11,16H,8-9,12-14H2,1H3,(H,25,29)(H2,22,23,24);1H. The molecule has 0 atom stereocenters. The maximum absolute atomic E-state index is 11.8. The second-order valence-electron chi connectivity index (χ2n) is 7.10. The molecule has 0 bridgehead atoms. The SMILES string of the molecule is CN=C(NCc1cccc(OCC(=O)NC2CC2)c1)NCc1nnc2ccccn12.I. The van der Waals surface area contributed by atoms with Gasteiger partial charge in [-0.2, -0.15) is 0 Å². The fourth-order valence-electron chi connectivity index (χ4n) is 2.97. The summed E-state index contributed by atoms with van der Waals surface area (Å²) in [5, 5.41) is 17.8. The maximum atomic E-state index is 11.8. The Hall–Kier alpha value is -2.89. The fraction of sp³-hybridized carbons (Fsp3) is 0.333. The van der Waals surface area contributed by atoms with Crippen molar-refractivity contribution >= 4 is 41.5 Å². The summed E-state index contributed by atoms with van der Waals surface area (Å²) in [6.07, 6.45) is 4.06. The van der Waals surface area contributed by atoms with E-state index < -0.39 is 0 Å². The summed E-state index contributed by atoms with van der Waals surface area (Å²) in [5.41, 5.74) is 1.82. The Bertz CT molecular complexity index is 1050. The average Bonchev–Trinajstić information content (AvgIpc) is 3.49. The van der Waals surface area contributed by atoms with Crippen LogP contribution >= 0.6 is 24.0 Å². The van der Waals surface area contributed by atoms with Crippen molar-refractivity contribution in [2.45, 2.75) is 32.0 Å². The zero-order valence-corrected chi connectivity index (χ0v) is 19.6. The summed E-state index contributed by atoms with van der Waals surface area (Å²) in [6.45, 7) is 1.08. The van der Waals surface area contributed by atoms with Gasteiger partial charge in [-0.1, -0.05) is 18.2 Å². The van der Waals surface area contributed by atoms with Crippen molar-refractivity contribution < 1.29 is 9.53 Å². The zero-order chi connectivity index (χ0) is 20.8. The Morgan fingerprint density at radius 2 is 2.00 bits per heavy atom. The van der Waals surface area contributed by atoms with E-state index in [1.165, 1.54) is 0 Å². The molecule has 1 amide bonds. The van der Waals surface area contributed by atoms with Crippen LogP contribution < -0.4 is 20.7 Å². The molecule has 10 heteroatoms. The third-order valence-electron chi connectivity index (χ3n) is 4.69. The number of fused-ring (bicyclic) bond motifs is 1. The van der Waals surface area contributed by atoms with Crippen molar-refractivity contribution in [2.24, 2.45) is 4.99 Å². The molecule has 1 fully saturated rings. The first-order valence-electron chi connectivity index (χ1n) is 9.95. The minimum Gasteiger partial charge on any atom is -0.484 e. The molecule has 0 unspecified atom stereocenters. The van der Waals surface area contributed by atoms with Crippen LogP contribution in [0.15, 0.2) is 53.7 Å². The van der Waals surface area contributed by atoms with Crippen LogP contribution in [0.1, 0.15) is 24.2 Å². The average molecular weight is 535 g/mol. The number of pyridine rings is 1. The van der Waals surface area contributed by atoms with E-state index in [0.717, 1.165) is 29.9 Å². The molecule has 2 heterocycles. The van der Waals surface area contributed by atoms with Gasteiger partial charge < -0.3 is 20.7 Å². The van der Waals surface area contributed by atoms with Crippen LogP contribution in [-0.4, -0.2) is 46.2 Å². The number of rotatable bonds is 8. The minimum atomic E-state index is -0.0772. The van der Waals surface area contributed by atoms with Gasteiger partial charge in [-0.3, -0.25) is 14.2 Å². The first kappa shape index (κ1) is 22.8. The number of ether oxygens (including phenoxy) is 1.